The lowest BCUT2D eigenvalue weighted by Crippen LogP contribution is -2.18. The largest absolute Gasteiger partial charge is 0.423 e. The lowest BCUT2D eigenvalue weighted by atomic mass is 10.1. The van der Waals surface area contributed by atoms with Crippen molar-refractivity contribution in [2.24, 2.45) is 5.92 Å². The highest BCUT2D eigenvalue weighted by Crippen LogP contribution is 2.65. The van der Waals surface area contributed by atoms with Crippen LogP contribution in [0, 0.1) is 11.7 Å². The molecular weight excluding hydrogens is 575 g/mol. The molecule has 0 saturated heterocycles. The van der Waals surface area contributed by atoms with Gasteiger partial charge in [0, 0.05) is 27.7 Å². The predicted octanol–water partition coefficient (Wildman–Crippen LogP) is 7.71. The van der Waals surface area contributed by atoms with Crippen LogP contribution in [0.5, 0.6) is 0 Å². The van der Waals surface area contributed by atoms with Gasteiger partial charge in [0.05, 0.1) is 16.5 Å². The molecule has 1 aliphatic carbocycles. The van der Waals surface area contributed by atoms with Crippen LogP contribution >= 0.6 is 58.0 Å². The first-order valence-electron chi connectivity index (χ1n) is 10.3. The van der Waals surface area contributed by atoms with Crippen LogP contribution in [-0.2, 0) is 4.79 Å². The second-order valence-electron chi connectivity index (χ2n) is 8.10. The molecule has 2 N–H and O–H groups in total. The molecule has 0 bridgehead atoms. The molecule has 184 valence electrons. The molecule has 2 atom stereocenters. The topological polar surface area (TPSA) is 84.2 Å². The van der Waals surface area contributed by atoms with E-state index in [-0.39, 0.29) is 27.8 Å². The van der Waals surface area contributed by atoms with E-state index in [9.17, 15) is 14.0 Å². The number of alkyl halides is 2. The normalized spacial score (nSPS) is 18.2. The molecule has 4 aromatic rings. The zero-order chi connectivity index (χ0) is 25.8. The number of anilines is 2. The number of carbonyl (C=O) groups excluding carboxylic acids is 2. The number of fused-ring (bicyclic) bond motifs is 1. The predicted molar refractivity (Wildman–Crippen MR) is 139 cm³/mol. The van der Waals surface area contributed by atoms with E-state index in [1.165, 1.54) is 36.4 Å². The highest BCUT2D eigenvalue weighted by atomic mass is 35.5. The van der Waals surface area contributed by atoms with E-state index in [1.807, 2.05) is 0 Å². The summed E-state index contributed by atoms with van der Waals surface area (Å²) in [5.41, 5.74) is 1.49. The molecule has 12 heteroatoms. The van der Waals surface area contributed by atoms with Crippen molar-refractivity contribution in [2.45, 2.75) is 10.3 Å². The third-order valence-corrected chi connectivity index (χ3v) is 7.34. The summed E-state index contributed by atoms with van der Waals surface area (Å²) in [6.45, 7) is 0. The number of nitrogens with one attached hydrogen (secondary N) is 2. The number of rotatable bonds is 5. The molecule has 2 amide bonds. The van der Waals surface area contributed by atoms with Crippen LogP contribution in [0.2, 0.25) is 15.1 Å². The first-order chi connectivity index (χ1) is 17.0. The van der Waals surface area contributed by atoms with Gasteiger partial charge in [0.25, 0.3) is 5.91 Å². The lowest BCUT2D eigenvalue weighted by Gasteiger charge is -2.09. The summed E-state index contributed by atoms with van der Waals surface area (Å²) in [5.74, 6) is -2.92. The molecular formula is C24H13Cl5FN3O3. The van der Waals surface area contributed by atoms with Crippen molar-refractivity contribution in [3.8, 4) is 0 Å². The molecule has 2 unspecified atom stereocenters. The Kier molecular flexibility index (Phi) is 6.55. The minimum absolute atomic E-state index is 0.0416. The lowest BCUT2D eigenvalue weighted by molar-refractivity contribution is -0.117. The Hall–Kier alpha value is -2.55. The highest BCUT2D eigenvalue weighted by Gasteiger charge is 2.67. The number of amides is 2. The minimum Gasteiger partial charge on any atom is -0.423 e. The van der Waals surface area contributed by atoms with Gasteiger partial charge in [-0.3, -0.25) is 14.9 Å². The van der Waals surface area contributed by atoms with Gasteiger partial charge in [-0.1, -0.05) is 34.8 Å². The average Bonchev–Trinajstić information content (AvgIpc) is 3.16. The molecule has 36 heavy (non-hydrogen) atoms. The fourth-order valence-electron chi connectivity index (χ4n) is 3.94. The van der Waals surface area contributed by atoms with Crippen molar-refractivity contribution in [1.82, 2.24) is 4.98 Å². The van der Waals surface area contributed by atoms with Gasteiger partial charge in [-0.15, -0.1) is 23.2 Å². The molecule has 0 aliphatic heterocycles. The van der Waals surface area contributed by atoms with Gasteiger partial charge in [0.2, 0.25) is 5.91 Å². The Labute approximate surface area is 228 Å². The molecule has 1 heterocycles. The van der Waals surface area contributed by atoms with Crippen molar-refractivity contribution in [1.29, 1.82) is 0 Å². The van der Waals surface area contributed by atoms with Gasteiger partial charge < -0.3 is 9.73 Å². The van der Waals surface area contributed by atoms with Crippen LogP contribution in [0.15, 0.2) is 59.0 Å². The number of benzene rings is 3. The summed E-state index contributed by atoms with van der Waals surface area (Å²) in [4.78, 5) is 29.8. The Morgan fingerprint density at radius 1 is 0.944 bits per heavy atom. The fourth-order valence-corrected chi connectivity index (χ4v) is 5.51. The SMILES string of the molecule is O=C(Nc1nc2cc(F)ccc2o1)c1cc(NC(=O)C2C(c3cc(Cl)cc(Cl)c3)C2(Cl)Cl)ccc1Cl. The first kappa shape index (κ1) is 25.1. The molecule has 1 aliphatic rings. The van der Waals surface area contributed by atoms with Gasteiger partial charge in [0.15, 0.2) is 5.58 Å². The van der Waals surface area contributed by atoms with Gasteiger partial charge in [-0.2, -0.15) is 4.98 Å². The van der Waals surface area contributed by atoms with E-state index >= 15 is 0 Å². The summed E-state index contributed by atoms with van der Waals surface area (Å²) in [6.07, 6.45) is 0. The summed E-state index contributed by atoms with van der Waals surface area (Å²) in [5, 5.41) is 6.09. The second kappa shape index (κ2) is 9.39. The van der Waals surface area contributed by atoms with Crippen LogP contribution in [0.4, 0.5) is 16.1 Å². The monoisotopic (exact) mass is 585 g/mol. The number of aromatic nitrogens is 1. The highest BCUT2D eigenvalue weighted by molar-refractivity contribution is 6.53. The Morgan fingerprint density at radius 2 is 1.67 bits per heavy atom. The summed E-state index contributed by atoms with van der Waals surface area (Å²) in [6, 6.07) is 12.9. The van der Waals surface area contributed by atoms with Crippen molar-refractivity contribution >= 4 is 92.6 Å². The maximum Gasteiger partial charge on any atom is 0.302 e. The standard InChI is InChI=1S/C24H13Cl5FN3O3/c25-11-5-10(6-12(26)7-11)19-20(24(19,28)29)22(35)31-14-2-3-16(27)15(9-14)21(34)33-23-32-17-8-13(30)1-4-18(17)36-23/h1-9,19-20H,(H,31,35)(H,32,33,34). The van der Waals surface area contributed by atoms with Crippen molar-refractivity contribution in [3.05, 3.63) is 86.6 Å². The van der Waals surface area contributed by atoms with Crippen LogP contribution in [0.25, 0.3) is 11.1 Å². The van der Waals surface area contributed by atoms with E-state index < -0.39 is 33.8 Å². The zero-order valence-corrected chi connectivity index (χ0v) is 21.6. The van der Waals surface area contributed by atoms with Gasteiger partial charge in [-0.25, -0.2) is 4.39 Å². The molecule has 1 fully saturated rings. The quantitative estimate of drug-likeness (QED) is 0.234. The number of hydrogen-bond donors (Lipinski definition) is 2. The molecule has 5 rings (SSSR count). The van der Waals surface area contributed by atoms with E-state index in [1.54, 1.807) is 18.2 Å². The van der Waals surface area contributed by atoms with Gasteiger partial charge >= 0.3 is 6.01 Å². The first-order valence-corrected chi connectivity index (χ1v) is 12.2. The third-order valence-electron chi connectivity index (χ3n) is 5.63. The van der Waals surface area contributed by atoms with E-state index in [0.29, 0.717) is 21.2 Å². The minimum atomic E-state index is -1.36. The fraction of sp³-hybridized carbons (Fsp3) is 0.125. The number of nitrogens with zero attached hydrogens (tertiary/aromatic N) is 1. The van der Waals surface area contributed by atoms with Crippen LogP contribution < -0.4 is 10.6 Å². The number of halogens is 6. The summed E-state index contributed by atoms with van der Waals surface area (Å²) >= 11 is 31.2. The maximum absolute atomic E-state index is 13.4. The third kappa shape index (κ3) is 4.86. The Bertz CT molecular complexity index is 1520. The Morgan fingerprint density at radius 3 is 2.39 bits per heavy atom. The molecule has 3 aromatic carbocycles. The van der Waals surface area contributed by atoms with E-state index in [4.69, 9.17) is 62.4 Å². The zero-order valence-electron chi connectivity index (χ0n) is 17.8. The molecule has 1 aromatic heterocycles. The van der Waals surface area contributed by atoms with Crippen LogP contribution in [0.3, 0.4) is 0 Å². The Balaban J connectivity index is 1.33. The molecule has 0 spiro atoms. The second-order valence-corrected chi connectivity index (χ2v) is 10.8. The molecule has 6 nitrogen and oxygen atoms in total. The van der Waals surface area contributed by atoms with Crippen molar-refractivity contribution < 1.29 is 18.4 Å². The smallest absolute Gasteiger partial charge is 0.302 e. The summed E-state index contributed by atoms with van der Waals surface area (Å²) < 4.78 is 17.4. The molecule has 0 radical (unpaired) electrons. The number of oxazole rings is 1. The number of hydrogen-bond acceptors (Lipinski definition) is 4. The van der Waals surface area contributed by atoms with E-state index in [0.717, 1.165) is 0 Å². The van der Waals surface area contributed by atoms with Crippen molar-refractivity contribution in [2.75, 3.05) is 10.6 Å². The maximum atomic E-state index is 13.4. The molecule has 1 saturated carbocycles. The van der Waals surface area contributed by atoms with E-state index in [2.05, 4.69) is 15.6 Å². The van der Waals surface area contributed by atoms with Gasteiger partial charge in [-0.05, 0) is 54.1 Å². The summed E-state index contributed by atoms with van der Waals surface area (Å²) in [7, 11) is 0. The van der Waals surface area contributed by atoms with Crippen molar-refractivity contribution in [3.63, 3.8) is 0 Å². The van der Waals surface area contributed by atoms with Crippen LogP contribution in [0.1, 0.15) is 21.8 Å². The average molecular weight is 588 g/mol. The van der Waals surface area contributed by atoms with Gasteiger partial charge in [0.1, 0.15) is 15.7 Å². The van der Waals surface area contributed by atoms with Crippen LogP contribution in [-0.4, -0.2) is 21.1 Å². The number of carbonyl (C=O) groups is 2.